The number of ether oxygens (including phenoxy) is 1. The van der Waals surface area contributed by atoms with Crippen LogP contribution in [0.2, 0.25) is 0 Å². The van der Waals surface area contributed by atoms with Crippen LogP contribution in [-0.2, 0) is 11.3 Å². The van der Waals surface area contributed by atoms with Gasteiger partial charge in [0.1, 0.15) is 0 Å². The summed E-state index contributed by atoms with van der Waals surface area (Å²) in [5.74, 6) is 1.34. The highest BCUT2D eigenvalue weighted by molar-refractivity contribution is 14.0. The third kappa shape index (κ3) is 4.64. The van der Waals surface area contributed by atoms with E-state index in [9.17, 15) is 0 Å². The van der Waals surface area contributed by atoms with Crippen LogP contribution in [0.15, 0.2) is 41.8 Å². The van der Waals surface area contributed by atoms with Crippen LogP contribution in [0.1, 0.15) is 12.5 Å². The van der Waals surface area contributed by atoms with Gasteiger partial charge >= 0.3 is 0 Å². The molecule has 1 unspecified atom stereocenters. The summed E-state index contributed by atoms with van der Waals surface area (Å²) >= 11 is 0. The number of aromatic nitrogens is 3. The molecular formula is C15H21IN6O. The summed E-state index contributed by atoms with van der Waals surface area (Å²) in [6.45, 7) is 4.82. The van der Waals surface area contributed by atoms with Crippen molar-refractivity contribution < 1.29 is 4.74 Å². The van der Waals surface area contributed by atoms with Crippen LogP contribution in [0.5, 0.6) is 0 Å². The monoisotopic (exact) mass is 428 g/mol. The summed E-state index contributed by atoms with van der Waals surface area (Å²) in [6.07, 6.45) is 5.53. The summed E-state index contributed by atoms with van der Waals surface area (Å²) in [4.78, 5) is 10.8. The fourth-order valence-electron chi connectivity index (χ4n) is 2.39. The van der Waals surface area contributed by atoms with E-state index in [-0.39, 0.29) is 30.1 Å². The van der Waals surface area contributed by atoms with Crippen molar-refractivity contribution in [3.8, 4) is 5.82 Å². The van der Waals surface area contributed by atoms with Crippen molar-refractivity contribution in [2.24, 2.45) is 10.7 Å². The largest absolute Gasteiger partial charge is 0.375 e. The average Bonchev–Trinajstić information content (AvgIpc) is 3.07. The van der Waals surface area contributed by atoms with E-state index in [4.69, 9.17) is 10.5 Å². The van der Waals surface area contributed by atoms with Crippen molar-refractivity contribution >= 4 is 29.9 Å². The number of pyridine rings is 1. The number of nitrogens with zero attached hydrogens (tertiary/aromatic N) is 5. The highest BCUT2D eigenvalue weighted by Gasteiger charge is 2.17. The van der Waals surface area contributed by atoms with Crippen LogP contribution in [0.4, 0.5) is 0 Å². The van der Waals surface area contributed by atoms with Gasteiger partial charge in [-0.3, -0.25) is 0 Å². The number of aliphatic imine (C=N–C) groups is 1. The molecule has 2 aromatic rings. The summed E-state index contributed by atoms with van der Waals surface area (Å²) in [5.41, 5.74) is 7.12. The lowest BCUT2D eigenvalue weighted by molar-refractivity contribution is 0.00529. The van der Waals surface area contributed by atoms with Crippen LogP contribution < -0.4 is 5.73 Å². The lowest BCUT2D eigenvalue weighted by Crippen LogP contribution is -2.47. The van der Waals surface area contributed by atoms with Gasteiger partial charge in [-0.25, -0.2) is 14.7 Å². The number of guanidine groups is 1. The van der Waals surface area contributed by atoms with E-state index in [1.807, 2.05) is 31.3 Å². The Kier molecular flexibility index (Phi) is 6.34. The Morgan fingerprint density at radius 2 is 2.35 bits per heavy atom. The minimum absolute atomic E-state index is 0. The third-order valence-corrected chi connectivity index (χ3v) is 3.54. The molecule has 0 aromatic carbocycles. The first-order chi connectivity index (χ1) is 10.7. The zero-order valence-corrected chi connectivity index (χ0v) is 15.3. The first-order valence-corrected chi connectivity index (χ1v) is 7.34. The summed E-state index contributed by atoms with van der Waals surface area (Å²) < 4.78 is 7.23. The highest BCUT2D eigenvalue weighted by Crippen LogP contribution is 2.08. The van der Waals surface area contributed by atoms with E-state index in [2.05, 4.69) is 20.0 Å². The molecule has 3 rings (SSSR count). The van der Waals surface area contributed by atoms with Crippen molar-refractivity contribution in [2.45, 2.75) is 19.6 Å². The van der Waals surface area contributed by atoms with E-state index < -0.39 is 0 Å². The molecule has 1 aliphatic heterocycles. The van der Waals surface area contributed by atoms with Gasteiger partial charge in [-0.1, -0.05) is 0 Å². The summed E-state index contributed by atoms with van der Waals surface area (Å²) in [5, 5.41) is 4.18. The molecule has 0 amide bonds. The molecule has 0 bridgehead atoms. The maximum Gasteiger partial charge on any atom is 0.191 e. The van der Waals surface area contributed by atoms with Gasteiger partial charge in [0.15, 0.2) is 11.8 Å². The SMILES string of the molecule is CC1CN(C(N)=NCc2ccnc(-n3cccn3)c2)CCO1.I. The van der Waals surface area contributed by atoms with E-state index in [1.54, 1.807) is 17.1 Å². The van der Waals surface area contributed by atoms with E-state index >= 15 is 0 Å². The molecule has 0 aliphatic carbocycles. The number of hydrogen-bond acceptors (Lipinski definition) is 4. The first-order valence-electron chi connectivity index (χ1n) is 7.34. The fourth-order valence-corrected chi connectivity index (χ4v) is 2.39. The summed E-state index contributed by atoms with van der Waals surface area (Å²) in [7, 11) is 0. The third-order valence-electron chi connectivity index (χ3n) is 3.54. The molecule has 0 radical (unpaired) electrons. The maximum atomic E-state index is 6.08. The van der Waals surface area contributed by atoms with Crippen LogP contribution in [0.3, 0.4) is 0 Å². The Morgan fingerprint density at radius 3 is 3.09 bits per heavy atom. The first kappa shape index (κ1) is 17.7. The zero-order valence-electron chi connectivity index (χ0n) is 13.0. The van der Waals surface area contributed by atoms with Gasteiger partial charge in [-0.2, -0.15) is 5.10 Å². The van der Waals surface area contributed by atoms with Crippen molar-refractivity contribution in [1.29, 1.82) is 0 Å². The molecule has 8 heteroatoms. The molecule has 2 aromatic heterocycles. The summed E-state index contributed by atoms with van der Waals surface area (Å²) in [6, 6.07) is 5.77. The van der Waals surface area contributed by atoms with Gasteiger partial charge in [-0.15, -0.1) is 24.0 Å². The van der Waals surface area contributed by atoms with Crippen LogP contribution in [0.25, 0.3) is 5.82 Å². The Morgan fingerprint density at radius 1 is 1.48 bits per heavy atom. The topological polar surface area (TPSA) is 81.6 Å². The van der Waals surface area contributed by atoms with Gasteiger partial charge in [0.2, 0.25) is 0 Å². The van der Waals surface area contributed by atoms with Crippen LogP contribution >= 0.6 is 24.0 Å². The Balaban J connectivity index is 0.00000192. The number of nitrogens with two attached hydrogens (primary N) is 1. The lowest BCUT2D eigenvalue weighted by atomic mass is 10.2. The molecule has 1 aliphatic rings. The second-order valence-electron chi connectivity index (χ2n) is 5.27. The minimum Gasteiger partial charge on any atom is -0.375 e. The Bertz CT molecular complexity index is 645. The quantitative estimate of drug-likeness (QED) is 0.455. The second-order valence-corrected chi connectivity index (χ2v) is 5.27. The van der Waals surface area contributed by atoms with Gasteiger partial charge in [0.05, 0.1) is 19.3 Å². The van der Waals surface area contributed by atoms with Gasteiger partial charge < -0.3 is 15.4 Å². The zero-order chi connectivity index (χ0) is 15.4. The van der Waals surface area contributed by atoms with Crippen molar-refractivity contribution in [2.75, 3.05) is 19.7 Å². The predicted molar refractivity (Wildman–Crippen MR) is 99.1 cm³/mol. The molecule has 1 fully saturated rings. The molecule has 0 spiro atoms. The fraction of sp³-hybridized carbons (Fsp3) is 0.400. The molecule has 3 heterocycles. The molecule has 2 N–H and O–H groups in total. The molecule has 23 heavy (non-hydrogen) atoms. The van der Waals surface area contributed by atoms with Crippen molar-refractivity contribution in [1.82, 2.24) is 19.7 Å². The number of halogens is 1. The van der Waals surface area contributed by atoms with Crippen LogP contribution in [0, 0.1) is 0 Å². The van der Waals surface area contributed by atoms with Crippen molar-refractivity contribution in [3.63, 3.8) is 0 Å². The van der Waals surface area contributed by atoms with Gasteiger partial charge in [0, 0.05) is 31.7 Å². The van der Waals surface area contributed by atoms with E-state index in [0.717, 1.165) is 24.5 Å². The van der Waals surface area contributed by atoms with Crippen molar-refractivity contribution in [3.05, 3.63) is 42.4 Å². The molecular weight excluding hydrogens is 407 g/mol. The number of morpholine rings is 1. The van der Waals surface area contributed by atoms with Crippen LogP contribution in [-0.4, -0.2) is 51.4 Å². The predicted octanol–water partition coefficient (Wildman–Crippen LogP) is 1.42. The normalized spacial score (nSPS) is 18.6. The molecule has 124 valence electrons. The second kappa shape index (κ2) is 8.25. The minimum atomic E-state index is 0. The number of hydrogen-bond donors (Lipinski definition) is 1. The Hall–Kier alpha value is -1.68. The number of rotatable bonds is 3. The molecule has 7 nitrogen and oxygen atoms in total. The smallest absolute Gasteiger partial charge is 0.191 e. The molecule has 1 atom stereocenters. The Labute approximate surface area is 152 Å². The highest BCUT2D eigenvalue weighted by atomic mass is 127. The van der Waals surface area contributed by atoms with Gasteiger partial charge in [0.25, 0.3) is 0 Å². The van der Waals surface area contributed by atoms with E-state index in [1.165, 1.54) is 0 Å². The molecule has 0 saturated carbocycles. The standard InChI is InChI=1S/C15H20N6O.HI/c1-12-11-20(7-8-22-12)15(16)18-10-13-3-5-17-14(9-13)21-6-2-4-19-21;/h2-6,9,12H,7-8,10-11H2,1H3,(H2,16,18);1H. The lowest BCUT2D eigenvalue weighted by Gasteiger charge is -2.31. The average molecular weight is 428 g/mol. The van der Waals surface area contributed by atoms with Gasteiger partial charge in [-0.05, 0) is 30.7 Å². The molecule has 1 saturated heterocycles. The maximum absolute atomic E-state index is 6.08. The van der Waals surface area contributed by atoms with E-state index in [0.29, 0.717) is 19.1 Å².